The van der Waals surface area contributed by atoms with E-state index in [1.54, 1.807) is 7.11 Å². The SMILES string of the molecule is COc1cc(C)c(CNCCC(C)CN)cc1C. The van der Waals surface area contributed by atoms with Gasteiger partial charge in [0.1, 0.15) is 5.75 Å². The zero-order valence-electron chi connectivity index (χ0n) is 12.0. The zero-order valence-corrected chi connectivity index (χ0v) is 12.0. The highest BCUT2D eigenvalue weighted by molar-refractivity contribution is 5.41. The highest BCUT2D eigenvalue weighted by Crippen LogP contribution is 2.22. The van der Waals surface area contributed by atoms with Crippen molar-refractivity contribution in [3.05, 3.63) is 28.8 Å². The fourth-order valence-corrected chi connectivity index (χ4v) is 1.95. The average Bonchev–Trinajstić information content (AvgIpc) is 2.37. The molecule has 0 aliphatic rings. The number of ether oxygens (including phenoxy) is 1. The molecule has 0 aliphatic heterocycles. The standard InChI is InChI=1S/C15H26N2O/c1-11(9-16)5-6-17-10-14-7-13(3)15(18-4)8-12(14)2/h7-8,11,17H,5-6,9-10,16H2,1-4H3. The Morgan fingerprint density at radius 2 is 2.00 bits per heavy atom. The smallest absolute Gasteiger partial charge is 0.122 e. The summed E-state index contributed by atoms with van der Waals surface area (Å²) in [7, 11) is 1.72. The Balaban J connectivity index is 2.50. The zero-order chi connectivity index (χ0) is 13.5. The summed E-state index contributed by atoms with van der Waals surface area (Å²) in [5.74, 6) is 1.56. The number of aryl methyl sites for hydroxylation is 2. The molecule has 1 aromatic rings. The fraction of sp³-hybridized carbons (Fsp3) is 0.600. The number of benzene rings is 1. The predicted octanol–water partition coefficient (Wildman–Crippen LogP) is 2.39. The maximum atomic E-state index is 5.60. The van der Waals surface area contributed by atoms with E-state index in [4.69, 9.17) is 10.5 Å². The van der Waals surface area contributed by atoms with Crippen molar-refractivity contribution in [2.24, 2.45) is 11.7 Å². The van der Waals surface area contributed by atoms with E-state index in [1.807, 2.05) is 0 Å². The van der Waals surface area contributed by atoms with Crippen molar-refractivity contribution in [3.8, 4) is 5.75 Å². The summed E-state index contributed by atoms with van der Waals surface area (Å²) in [6.07, 6.45) is 1.13. The van der Waals surface area contributed by atoms with Crippen LogP contribution in [0.4, 0.5) is 0 Å². The Labute approximate surface area is 111 Å². The Bertz CT molecular complexity index is 377. The molecule has 0 aliphatic carbocycles. The maximum Gasteiger partial charge on any atom is 0.122 e. The van der Waals surface area contributed by atoms with Crippen LogP contribution < -0.4 is 15.8 Å². The van der Waals surface area contributed by atoms with Crippen molar-refractivity contribution in [2.45, 2.75) is 33.7 Å². The second-order valence-electron chi connectivity index (χ2n) is 5.05. The molecule has 0 spiro atoms. The Kier molecular flexibility index (Phi) is 6.16. The minimum absolute atomic E-state index is 0.594. The molecule has 0 heterocycles. The Hall–Kier alpha value is -1.06. The largest absolute Gasteiger partial charge is 0.496 e. The summed E-state index contributed by atoms with van der Waals surface area (Å²) in [6, 6.07) is 4.31. The van der Waals surface area contributed by atoms with E-state index < -0.39 is 0 Å². The van der Waals surface area contributed by atoms with E-state index in [0.29, 0.717) is 5.92 Å². The van der Waals surface area contributed by atoms with Crippen LogP contribution in [0.1, 0.15) is 30.0 Å². The van der Waals surface area contributed by atoms with Crippen LogP contribution >= 0.6 is 0 Å². The van der Waals surface area contributed by atoms with E-state index in [-0.39, 0.29) is 0 Å². The molecule has 0 fully saturated rings. The van der Waals surface area contributed by atoms with Gasteiger partial charge in [0.2, 0.25) is 0 Å². The number of hydrogen-bond acceptors (Lipinski definition) is 3. The lowest BCUT2D eigenvalue weighted by atomic mass is 10.0. The van der Waals surface area contributed by atoms with Gasteiger partial charge in [-0.25, -0.2) is 0 Å². The first-order chi connectivity index (χ1) is 8.58. The highest BCUT2D eigenvalue weighted by atomic mass is 16.5. The predicted molar refractivity (Wildman–Crippen MR) is 77.0 cm³/mol. The molecule has 0 amide bonds. The molecule has 3 N–H and O–H groups in total. The lowest BCUT2D eigenvalue weighted by Crippen LogP contribution is -2.20. The van der Waals surface area contributed by atoms with Gasteiger partial charge in [0.05, 0.1) is 7.11 Å². The van der Waals surface area contributed by atoms with Crippen molar-refractivity contribution < 1.29 is 4.74 Å². The molecule has 3 heteroatoms. The number of nitrogens with two attached hydrogens (primary N) is 1. The van der Waals surface area contributed by atoms with Crippen LogP contribution in [0.2, 0.25) is 0 Å². The van der Waals surface area contributed by atoms with Gasteiger partial charge in [-0.05, 0) is 62.0 Å². The van der Waals surface area contributed by atoms with E-state index in [2.05, 4.69) is 38.2 Å². The minimum Gasteiger partial charge on any atom is -0.496 e. The topological polar surface area (TPSA) is 47.3 Å². The molecule has 0 saturated carbocycles. The van der Waals surface area contributed by atoms with Gasteiger partial charge in [0.25, 0.3) is 0 Å². The molecule has 1 rings (SSSR count). The van der Waals surface area contributed by atoms with Crippen LogP contribution in [0, 0.1) is 19.8 Å². The quantitative estimate of drug-likeness (QED) is 0.730. The summed E-state index contributed by atoms with van der Waals surface area (Å²) in [4.78, 5) is 0. The van der Waals surface area contributed by atoms with Crippen LogP contribution in [0.5, 0.6) is 5.75 Å². The van der Waals surface area contributed by atoms with Crippen molar-refractivity contribution >= 4 is 0 Å². The lowest BCUT2D eigenvalue weighted by molar-refractivity contribution is 0.411. The van der Waals surface area contributed by atoms with Gasteiger partial charge in [-0.2, -0.15) is 0 Å². The third-order valence-corrected chi connectivity index (χ3v) is 3.39. The average molecular weight is 250 g/mol. The second kappa shape index (κ2) is 7.39. The lowest BCUT2D eigenvalue weighted by Gasteiger charge is -2.13. The van der Waals surface area contributed by atoms with E-state index in [1.165, 1.54) is 16.7 Å². The highest BCUT2D eigenvalue weighted by Gasteiger charge is 2.05. The Morgan fingerprint density at radius 1 is 1.28 bits per heavy atom. The Morgan fingerprint density at radius 3 is 2.61 bits per heavy atom. The fourth-order valence-electron chi connectivity index (χ4n) is 1.95. The molecular weight excluding hydrogens is 224 g/mol. The van der Waals surface area contributed by atoms with Crippen molar-refractivity contribution in [3.63, 3.8) is 0 Å². The normalized spacial score (nSPS) is 12.5. The number of rotatable bonds is 7. The van der Waals surface area contributed by atoms with Crippen molar-refractivity contribution in [2.75, 3.05) is 20.2 Å². The molecule has 0 aromatic heterocycles. The summed E-state index contributed by atoms with van der Waals surface area (Å²) >= 11 is 0. The summed E-state index contributed by atoms with van der Waals surface area (Å²) in [5.41, 5.74) is 9.41. The van der Waals surface area contributed by atoms with E-state index in [9.17, 15) is 0 Å². The van der Waals surface area contributed by atoms with Crippen LogP contribution in [0.25, 0.3) is 0 Å². The molecule has 0 radical (unpaired) electrons. The summed E-state index contributed by atoms with van der Waals surface area (Å²) < 4.78 is 5.32. The van der Waals surface area contributed by atoms with Gasteiger partial charge in [-0.15, -0.1) is 0 Å². The summed E-state index contributed by atoms with van der Waals surface area (Å²) in [6.45, 7) is 9.09. The number of hydrogen-bond donors (Lipinski definition) is 2. The molecule has 3 nitrogen and oxygen atoms in total. The molecule has 1 unspecified atom stereocenters. The van der Waals surface area contributed by atoms with Crippen molar-refractivity contribution in [1.82, 2.24) is 5.32 Å². The number of methoxy groups -OCH3 is 1. The van der Waals surface area contributed by atoms with Crippen LogP contribution in [-0.2, 0) is 6.54 Å². The molecule has 1 aromatic carbocycles. The molecular formula is C15H26N2O. The van der Waals surface area contributed by atoms with Gasteiger partial charge in [-0.1, -0.05) is 13.0 Å². The number of nitrogens with one attached hydrogen (secondary N) is 1. The molecule has 0 bridgehead atoms. The van der Waals surface area contributed by atoms with Crippen LogP contribution in [-0.4, -0.2) is 20.2 Å². The minimum atomic E-state index is 0.594. The van der Waals surface area contributed by atoms with Crippen molar-refractivity contribution in [1.29, 1.82) is 0 Å². The van der Waals surface area contributed by atoms with E-state index in [0.717, 1.165) is 31.8 Å². The first kappa shape index (κ1) is 15.0. The van der Waals surface area contributed by atoms with Gasteiger partial charge in [0.15, 0.2) is 0 Å². The van der Waals surface area contributed by atoms with Crippen LogP contribution in [0.3, 0.4) is 0 Å². The monoisotopic (exact) mass is 250 g/mol. The van der Waals surface area contributed by atoms with Gasteiger partial charge < -0.3 is 15.8 Å². The van der Waals surface area contributed by atoms with E-state index >= 15 is 0 Å². The molecule has 1 atom stereocenters. The molecule has 18 heavy (non-hydrogen) atoms. The van der Waals surface area contributed by atoms with Gasteiger partial charge in [-0.3, -0.25) is 0 Å². The molecule has 102 valence electrons. The molecule has 0 saturated heterocycles. The van der Waals surface area contributed by atoms with Gasteiger partial charge >= 0.3 is 0 Å². The third kappa shape index (κ3) is 4.31. The van der Waals surface area contributed by atoms with Gasteiger partial charge in [0, 0.05) is 6.54 Å². The maximum absolute atomic E-state index is 5.60. The second-order valence-corrected chi connectivity index (χ2v) is 5.05. The third-order valence-electron chi connectivity index (χ3n) is 3.39. The first-order valence-electron chi connectivity index (χ1n) is 6.63. The summed E-state index contributed by atoms with van der Waals surface area (Å²) in [5, 5.41) is 3.48. The van der Waals surface area contributed by atoms with Crippen LogP contribution in [0.15, 0.2) is 12.1 Å². The first-order valence-corrected chi connectivity index (χ1v) is 6.63.